The topological polar surface area (TPSA) is 33.6 Å². The van der Waals surface area contributed by atoms with Gasteiger partial charge in [0.2, 0.25) is 0 Å². The standard InChI is InChI=1S/C35H23N3/c1-2-11-23(12-3-1)29-17-10-18-31(36-29)26-15-6-9-20-34(26)38-33-19-8-5-14-25(33)28-21-27-24-13-4-7-16-30(24)37-32(27)22-35(28)38/h1-22,37H. The Kier molecular flexibility index (Phi) is 4.52. The van der Waals surface area contributed by atoms with Gasteiger partial charge in [-0.05, 0) is 42.5 Å². The molecular weight excluding hydrogens is 462 g/mol. The Balaban J connectivity index is 1.42. The van der Waals surface area contributed by atoms with Crippen molar-refractivity contribution in [1.82, 2.24) is 14.5 Å². The van der Waals surface area contributed by atoms with Crippen molar-refractivity contribution in [2.75, 3.05) is 0 Å². The summed E-state index contributed by atoms with van der Waals surface area (Å²) in [5.74, 6) is 0. The summed E-state index contributed by atoms with van der Waals surface area (Å²) >= 11 is 0. The van der Waals surface area contributed by atoms with Crippen LogP contribution in [0.4, 0.5) is 0 Å². The first-order chi connectivity index (χ1) is 18.8. The lowest BCUT2D eigenvalue weighted by Crippen LogP contribution is -1.98. The molecule has 3 heteroatoms. The van der Waals surface area contributed by atoms with E-state index in [1.165, 1.54) is 32.6 Å². The highest BCUT2D eigenvalue weighted by molar-refractivity contribution is 6.18. The summed E-state index contributed by atoms with van der Waals surface area (Å²) in [5.41, 5.74) is 9.93. The van der Waals surface area contributed by atoms with Gasteiger partial charge in [0.15, 0.2) is 0 Å². The molecule has 1 N–H and O–H groups in total. The number of fused-ring (bicyclic) bond motifs is 6. The summed E-state index contributed by atoms with van der Waals surface area (Å²) < 4.78 is 2.39. The molecule has 0 aliphatic rings. The van der Waals surface area contributed by atoms with Crippen LogP contribution in [-0.2, 0) is 0 Å². The molecule has 38 heavy (non-hydrogen) atoms. The number of rotatable bonds is 3. The van der Waals surface area contributed by atoms with Crippen LogP contribution >= 0.6 is 0 Å². The van der Waals surface area contributed by atoms with E-state index in [-0.39, 0.29) is 0 Å². The number of benzene rings is 5. The van der Waals surface area contributed by atoms with E-state index in [0.29, 0.717) is 0 Å². The third-order valence-electron chi connectivity index (χ3n) is 7.54. The molecule has 3 aromatic heterocycles. The maximum absolute atomic E-state index is 5.10. The highest BCUT2D eigenvalue weighted by atomic mass is 15.0. The lowest BCUT2D eigenvalue weighted by molar-refractivity contribution is 1.17. The van der Waals surface area contributed by atoms with Crippen molar-refractivity contribution in [1.29, 1.82) is 0 Å². The molecule has 0 atom stereocenters. The van der Waals surface area contributed by atoms with Gasteiger partial charge in [0, 0.05) is 43.7 Å². The monoisotopic (exact) mass is 485 g/mol. The second kappa shape index (κ2) is 8.19. The van der Waals surface area contributed by atoms with Crippen molar-refractivity contribution in [2.45, 2.75) is 0 Å². The van der Waals surface area contributed by atoms with E-state index < -0.39 is 0 Å². The van der Waals surface area contributed by atoms with Crippen LogP contribution < -0.4 is 0 Å². The summed E-state index contributed by atoms with van der Waals surface area (Å²) in [4.78, 5) is 8.74. The zero-order chi connectivity index (χ0) is 25.1. The fourth-order valence-corrected chi connectivity index (χ4v) is 5.81. The molecule has 8 rings (SSSR count). The van der Waals surface area contributed by atoms with E-state index in [1.54, 1.807) is 0 Å². The van der Waals surface area contributed by atoms with Gasteiger partial charge >= 0.3 is 0 Å². The summed E-state index contributed by atoms with van der Waals surface area (Å²) in [7, 11) is 0. The quantitative estimate of drug-likeness (QED) is 0.266. The van der Waals surface area contributed by atoms with Crippen LogP contribution in [-0.4, -0.2) is 14.5 Å². The van der Waals surface area contributed by atoms with Gasteiger partial charge in [0.05, 0.1) is 28.1 Å². The van der Waals surface area contributed by atoms with Crippen molar-refractivity contribution in [3.63, 3.8) is 0 Å². The molecule has 3 heterocycles. The Morgan fingerprint density at radius 2 is 1.21 bits per heavy atom. The van der Waals surface area contributed by atoms with Crippen LogP contribution in [0.3, 0.4) is 0 Å². The number of nitrogens with zero attached hydrogens (tertiary/aromatic N) is 2. The number of H-pyrrole nitrogens is 1. The largest absolute Gasteiger partial charge is 0.354 e. The predicted molar refractivity (Wildman–Crippen MR) is 159 cm³/mol. The van der Waals surface area contributed by atoms with Gasteiger partial charge in [-0.3, -0.25) is 0 Å². The second-order valence-electron chi connectivity index (χ2n) is 9.73. The summed E-state index contributed by atoms with van der Waals surface area (Å²) in [5, 5.41) is 5.00. The third-order valence-corrected chi connectivity index (χ3v) is 7.54. The van der Waals surface area contributed by atoms with Crippen LogP contribution in [0.2, 0.25) is 0 Å². The van der Waals surface area contributed by atoms with E-state index in [4.69, 9.17) is 4.98 Å². The number of aromatic nitrogens is 3. The molecule has 178 valence electrons. The number of aromatic amines is 1. The zero-order valence-electron chi connectivity index (χ0n) is 20.6. The van der Waals surface area contributed by atoms with Gasteiger partial charge < -0.3 is 9.55 Å². The normalized spacial score (nSPS) is 11.7. The fraction of sp³-hybridized carbons (Fsp3) is 0. The number of nitrogens with one attached hydrogen (secondary N) is 1. The lowest BCUT2D eigenvalue weighted by atomic mass is 10.1. The molecule has 0 aliphatic heterocycles. The number of hydrogen-bond acceptors (Lipinski definition) is 1. The predicted octanol–water partition coefficient (Wildman–Crippen LogP) is 9.15. The lowest BCUT2D eigenvalue weighted by Gasteiger charge is -2.14. The Morgan fingerprint density at radius 3 is 2.13 bits per heavy atom. The Bertz CT molecular complexity index is 2130. The summed E-state index contributed by atoms with van der Waals surface area (Å²) in [6.45, 7) is 0. The highest BCUT2D eigenvalue weighted by Gasteiger charge is 2.18. The minimum atomic E-state index is 0.958. The average Bonchev–Trinajstić information content (AvgIpc) is 3.51. The summed E-state index contributed by atoms with van der Waals surface area (Å²) in [6, 6.07) is 47.1. The molecule has 0 radical (unpaired) electrons. The van der Waals surface area contributed by atoms with Crippen molar-refractivity contribution in [2.24, 2.45) is 0 Å². The first-order valence-corrected chi connectivity index (χ1v) is 12.9. The third kappa shape index (κ3) is 3.12. The van der Waals surface area contributed by atoms with Crippen molar-refractivity contribution in [3.05, 3.63) is 133 Å². The maximum Gasteiger partial charge on any atom is 0.0730 e. The maximum atomic E-state index is 5.10. The van der Waals surface area contributed by atoms with E-state index >= 15 is 0 Å². The first-order valence-electron chi connectivity index (χ1n) is 12.9. The molecule has 0 saturated carbocycles. The van der Waals surface area contributed by atoms with Crippen LogP contribution in [0.25, 0.3) is 71.8 Å². The van der Waals surface area contributed by atoms with Crippen molar-refractivity contribution < 1.29 is 0 Å². The van der Waals surface area contributed by atoms with Crippen LogP contribution in [0.1, 0.15) is 0 Å². The molecule has 0 spiro atoms. The van der Waals surface area contributed by atoms with Gasteiger partial charge in [-0.15, -0.1) is 0 Å². The Labute approximate surface area is 219 Å². The molecule has 0 amide bonds. The van der Waals surface area contributed by atoms with Gasteiger partial charge in [-0.1, -0.05) is 91.0 Å². The number of pyridine rings is 1. The van der Waals surface area contributed by atoms with Gasteiger partial charge in [-0.25, -0.2) is 4.98 Å². The zero-order valence-corrected chi connectivity index (χ0v) is 20.6. The van der Waals surface area contributed by atoms with Crippen LogP contribution in [0.15, 0.2) is 133 Å². The SMILES string of the molecule is c1ccc(-c2cccc(-c3ccccc3-n3c4ccccc4c4cc5c(cc43)[nH]c3ccccc35)n2)cc1. The number of para-hydroxylation sites is 3. The molecular formula is C35H23N3. The smallest absolute Gasteiger partial charge is 0.0730 e. The van der Waals surface area contributed by atoms with Gasteiger partial charge in [-0.2, -0.15) is 0 Å². The van der Waals surface area contributed by atoms with Gasteiger partial charge in [0.25, 0.3) is 0 Å². The van der Waals surface area contributed by atoms with E-state index in [9.17, 15) is 0 Å². The highest BCUT2D eigenvalue weighted by Crippen LogP contribution is 2.39. The molecule has 0 aliphatic carbocycles. The second-order valence-corrected chi connectivity index (χ2v) is 9.73. The van der Waals surface area contributed by atoms with E-state index in [2.05, 4.69) is 137 Å². The molecule has 0 fully saturated rings. The fourth-order valence-electron chi connectivity index (χ4n) is 5.81. The van der Waals surface area contributed by atoms with Crippen LogP contribution in [0.5, 0.6) is 0 Å². The van der Waals surface area contributed by atoms with Crippen molar-refractivity contribution >= 4 is 43.6 Å². The average molecular weight is 486 g/mol. The summed E-state index contributed by atoms with van der Waals surface area (Å²) in [6.07, 6.45) is 0. The van der Waals surface area contributed by atoms with Crippen LogP contribution in [0, 0.1) is 0 Å². The Morgan fingerprint density at radius 1 is 0.474 bits per heavy atom. The minimum absolute atomic E-state index is 0.958. The minimum Gasteiger partial charge on any atom is -0.354 e. The van der Waals surface area contributed by atoms with E-state index in [1.807, 2.05) is 6.07 Å². The molecule has 3 nitrogen and oxygen atoms in total. The molecule has 5 aromatic carbocycles. The molecule has 0 saturated heterocycles. The number of hydrogen-bond donors (Lipinski definition) is 1. The molecule has 0 bridgehead atoms. The van der Waals surface area contributed by atoms with Crippen molar-refractivity contribution in [3.8, 4) is 28.2 Å². The first kappa shape index (κ1) is 21.0. The van der Waals surface area contributed by atoms with E-state index in [0.717, 1.165) is 39.2 Å². The molecule has 0 unspecified atom stereocenters. The Hall–Kier alpha value is -5.15. The molecule has 8 aromatic rings. The van der Waals surface area contributed by atoms with Gasteiger partial charge in [0.1, 0.15) is 0 Å².